The van der Waals surface area contributed by atoms with Gasteiger partial charge in [0.25, 0.3) is 4.92 Å². The fourth-order valence-corrected chi connectivity index (χ4v) is 2.30. The summed E-state index contributed by atoms with van der Waals surface area (Å²) < 4.78 is 15.2. The third-order valence-electron chi connectivity index (χ3n) is 3.53. The molecule has 0 unspecified atom stereocenters. The van der Waals surface area contributed by atoms with Crippen LogP contribution in [-0.4, -0.2) is 23.3 Å². The van der Waals surface area contributed by atoms with Gasteiger partial charge >= 0.3 is 17.7 Å². The van der Waals surface area contributed by atoms with E-state index in [-0.39, 0.29) is 12.6 Å². The molecule has 0 aliphatic heterocycles. The Morgan fingerprint density at radius 2 is 1.96 bits per heavy atom. The molecule has 1 heterocycles. The van der Waals surface area contributed by atoms with E-state index >= 15 is 0 Å². The molecule has 2 aromatic carbocycles. The largest absolute Gasteiger partial charge is 0.489 e. The molecule has 0 fully saturated rings. The van der Waals surface area contributed by atoms with E-state index < -0.39 is 6.09 Å². The van der Waals surface area contributed by atoms with Gasteiger partial charge in [-0.2, -0.15) is 0 Å². The van der Waals surface area contributed by atoms with Crippen molar-refractivity contribution >= 4 is 11.8 Å². The normalized spacial score (nSPS) is 10.3. The molecule has 3 aromatic rings. The topological polar surface area (TPSA) is 117 Å². The molecule has 27 heavy (non-hydrogen) atoms. The predicted molar refractivity (Wildman–Crippen MR) is 93.2 cm³/mol. The van der Waals surface area contributed by atoms with E-state index in [1.807, 2.05) is 6.07 Å². The number of ether oxygens (including phenoxy) is 2. The highest BCUT2D eigenvalue weighted by molar-refractivity contribution is 5.68. The molecule has 0 bridgehead atoms. The van der Waals surface area contributed by atoms with Crippen molar-refractivity contribution in [3.05, 3.63) is 65.1 Å². The number of primary amides is 1. The lowest BCUT2D eigenvalue weighted by molar-refractivity contribution is -0.736. The van der Waals surface area contributed by atoms with Gasteiger partial charge in [-0.15, -0.1) is 0 Å². The zero-order valence-corrected chi connectivity index (χ0v) is 14.3. The number of aromatic nitrogens is 1. The molecule has 1 amide bonds. The first-order valence-corrected chi connectivity index (χ1v) is 7.82. The van der Waals surface area contributed by atoms with Crippen molar-refractivity contribution in [1.29, 1.82) is 0 Å². The zero-order valence-electron chi connectivity index (χ0n) is 14.3. The standard InChI is InChI=1S/C18H15N3O6/c1-24-21(23)14-4-2-3-12(9-14)11-25-15-7-5-13(6-8-15)16-10-17(27-20-16)26-18(19)22/h2-10H,11H2,1H3,(H-,19,22)/p+1. The Kier molecular flexibility index (Phi) is 5.31. The quantitative estimate of drug-likeness (QED) is 0.634. The van der Waals surface area contributed by atoms with Crippen LogP contribution < -0.4 is 15.2 Å². The van der Waals surface area contributed by atoms with Crippen LogP contribution >= 0.6 is 0 Å². The number of amides is 1. The second-order valence-corrected chi connectivity index (χ2v) is 5.37. The number of nitrogens with zero attached hydrogens (tertiary/aromatic N) is 2. The minimum Gasteiger partial charge on any atom is -0.489 e. The predicted octanol–water partition coefficient (Wildman–Crippen LogP) is 3.35. The molecule has 138 valence electrons. The van der Waals surface area contributed by atoms with Crippen LogP contribution in [0.5, 0.6) is 11.7 Å². The van der Waals surface area contributed by atoms with Crippen molar-refractivity contribution in [2.45, 2.75) is 6.61 Å². The SMILES string of the molecule is CO[N+](=O)c1cccc(COc2ccc(-c3cc(OC(N)=O)on3)cc2)c1. The lowest BCUT2D eigenvalue weighted by atomic mass is 10.1. The van der Waals surface area contributed by atoms with Crippen molar-refractivity contribution in [2.24, 2.45) is 5.73 Å². The van der Waals surface area contributed by atoms with Crippen molar-refractivity contribution in [1.82, 2.24) is 5.16 Å². The molecule has 0 spiro atoms. The van der Waals surface area contributed by atoms with Gasteiger partial charge in [0.15, 0.2) is 7.11 Å². The van der Waals surface area contributed by atoms with Crippen LogP contribution in [0.2, 0.25) is 0 Å². The van der Waals surface area contributed by atoms with Gasteiger partial charge in [0, 0.05) is 17.7 Å². The maximum Gasteiger partial charge on any atom is 0.412 e. The summed E-state index contributed by atoms with van der Waals surface area (Å²) in [6, 6.07) is 15.5. The summed E-state index contributed by atoms with van der Waals surface area (Å²) >= 11 is 0. The van der Waals surface area contributed by atoms with Gasteiger partial charge in [0.2, 0.25) is 0 Å². The summed E-state index contributed by atoms with van der Waals surface area (Å²) in [6.45, 7) is 0.283. The maximum atomic E-state index is 11.5. The molecule has 3 rings (SSSR count). The third kappa shape index (κ3) is 4.60. The van der Waals surface area contributed by atoms with Gasteiger partial charge in [0.1, 0.15) is 18.1 Å². The average molecular weight is 370 g/mol. The van der Waals surface area contributed by atoms with Gasteiger partial charge in [-0.25, -0.2) is 9.63 Å². The molecule has 9 heteroatoms. The maximum absolute atomic E-state index is 11.5. The number of hydrogen-bond acceptors (Lipinski definition) is 7. The summed E-state index contributed by atoms with van der Waals surface area (Å²) in [5.74, 6) is 0.549. The molecular weight excluding hydrogens is 354 g/mol. The Bertz CT molecular complexity index is 952. The first-order chi connectivity index (χ1) is 13.0. The van der Waals surface area contributed by atoms with E-state index in [9.17, 15) is 9.70 Å². The summed E-state index contributed by atoms with van der Waals surface area (Å²) in [4.78, 5) is 27.2. The number of carbonyl (C=O) groups excluding carboxylic acids is 1. The summed E-state index contributed by atoms with van der Waals surface area (Å²) in [5, 5.41) is 3.80. The van der Waals surface area contributed by atoms with Crippen molar-refractivity contribution in [2.75, 3.05) is 7.11 Å². The highest BCUT2D eigenvalue weighted by atomic mass is 16.8. The van der Waals surface area contributed by atoms with E-state index in [1.165, 1.54) is 13.2 Å². The Balaban J connectivity index is 1.63. The molecule has 0 aliphatic rings. The summed E-state index contributed by atoms with van der Waals surface area (Å²) in [7, 11) is 1.30. The Morgan fingerprint density at radius 1 is 1.19 bits per heavy atom. The first kappa shape index (κ1) is 17.9. The molecule has 9 nitrogen and oxygen atoms in total. The smallest absolute Gasteiger partial charge is 0.412 e. The van der Waals surface area contributed by atoms with Crippen molar-refractivity contribution in [3.8, 4) is 23.0 Å². The molecule has 0 radical (unpaired) electrons. The molecule has 0 saturated carbocycles. The van der Waals surface area contributed by atoms with Gasteiger partial charge in [-0.05, 0) is 29.8 Å². The van der Waals surface area contributed by atoms with Crippen molar-refractivity contribution < 1.29 is 28.6 Å². The van der Waals surface area contributed by atoms with Crippen LogP contribution in [0.4, 0.5) is 10.5 Å². The van der Waals surface area contributed by atoms with Crippen LogP contribution in [-0.2, 0) is 11.4 Å². The summed E-state index contributed by atoms with van der Waals surface area (Å²) in [5.41, 5.74) is 7.35. The lowest BCUT2D eigenvalue weighted by Gasteiger charge is -2.06. The van der Waals surface area contributed by atoms with Crippen LogP contribution in [0.25, 0.3) is 11.3 Å². The molecular formula is C18H16N3O6+. The highest BCUT2D eigenvalue weighted by Gasteiger charge is 2.14. The lowest BCUT2D eigenvalue weighted by Crippen LogP contribution is -2.15. The van der Waals surface area contributed by atoms with Crippen LogP contribution in [0, 0.1) is 4.91 Å². The number of nitrogens with two attached hydrogens (primary N) is 1. The molecule has 0 atom stereocenters. The number of hydrogen-bond donors (Lipinski definition) is 1. The van der Waals surface area contributed by atoms with Crippen LogP contribution in [0.3, 0.4) is 0 Å². The minimum atomic E-state index is -0.976. The van der Waals surface area contributed by atoms with E-state index in [0.29, 0.717) is 22.1 Å². The fourth-order valence-electron chi connectivity index (χ4n) is 2.30. The number of carbonyl (C=O) groups is 1. The molecule has 2 N–H and O–H groups in total. The number of rotatable bonds is 7. The van der Waals surface area contributed by atoms with Crippen molar-refractivity contribution in [3.63, 3.8) is 0 Å². The average Bonchev–Trinajstić information content (AvgIpc) is 3.14. The van der Waals surface area contributed by atoms with Gasteiger partial charge in [-0.1, -0.05) is 17.3 Å². The second kappa shape index (κ2) is 8.00. The Labute approximate surface area is 153 Å². The second-order valence-electron chi connectivity index (χ2n) is 5.37. The summed E-state index contributed by atoms with van der Waals surface area (Å²) in [6.07, 6.45) is -0.976. The van der Waals surface area contributed by atoms with Crippen LogP contribution in [0.15, 0.2) is 59.1 Å². The minimum absolute atomic E-state index is 0.0822. The number of benzene rings is 2. The molecule has 0 saturated heterocycles. The van der Waals surface area contributed by atoms with Gasteiger partial charge in [-0.3, -0.25) is 0 Å². The monoisotopic (exact) mass is 370 g/mol. The van der Waals surface area contributed by atoms with E-state index in [1.54, 1.807) is 42.5 Å². The van der Waals surface area contributed by atoms with E-state index in [4.69, 9.17) is 15.0 Å². The first-order valence-electron chi connectivity index (χ1n) is 7.82. The molecule has 1 aromatic heterocycles. The van der Waals surface area contributed by atoms with Gasteiger partial charge < -0.3 is 19.7 Å². The van der Waals surface area contributed by atoms with Crippen LogP contribution in [0.1, 0.15) is 5.56 Å². The third-order valence-corrected chi connectivity index (χ3v) is 3.53. The fraction of sp³-hybridized carbons (Fsp3) is 0.111. The highest BCUT2D eigenvalue weighted by Crippen LogP contribution is 2.25. The molecule has 0 aliphatic carbocycles. The zero-order chi connectivity index (χ0) is 19.2. The Hall–Kier alpha value is -3.88. The van der Waals surface area contributed by atoms with Gasteiger partial charge in [0.05, 0.1) is 11.0 Å². The Morgan fingerprint density at radius 3 is 2.67 bits per heavy atom. The van der Waals surface area contributed by atoms with E-state index in [2.05, 4.69) is 14.7 Å². The van der Waals surface area contributed by atoms with E-state index in [0.717, 1.165) is 11.1 Å².